The van der Waals surface area contributed by atoms with E-state index in [1.165, 1.54) is 313 Å². The van der Waals surface area contributed by atoms with Crippen molar-refractivity contribution in [3.8, 4) is 11.5 Å². The van der Waals surface area contributed by atoms with Crippen molar-refractivity contribution in [3.63, 3.8) is 0 Å². The van der Waals surface area contributed by atoms with Gasteiger partial charge in [0.15, 0.2) is 0 Å². The minimum absolute atomic E-state index is 0. The molecule has 14 rings (SSSR count). The van der Waals surface area contributed by atoms with Gasteiger partial charge in [-0.05, 0) is 208 Å². The van der Waals surface area contributed by atoms with E-state index in [0.717, 1.165) is 45.8 Å². The van der Waals surface area contributed by atoms with Crippen LogP contribution in [0.5, 0.6) is 11.5 Å². The first-order chi connectivity index (χ1) is 44.9. The Labute approximate surface area is 574 Å². The maximum Gasteiger partial charge on any atom is 2.00 e. The van der Waals surface area contributed by atoms with Gasteiger partial charge >= 0.3 is 16.8 Å². The Morgan fingerprint density at radius 3 is 0.871 bits per heavy atom. The molecule has 93 heavy (non-hydrogen) atoms. The van der Waals surface area contributed by atoms with Crippen molar-refractivity contribution in [2.75, 3.05) is 0 Å². The molecule has 8 saturated carbocycles. The Bertz CT molecular complexity index is 3040. The summed E-state index contributed by atoms with van der Waals surface area (Å²) in [5, 5.41) is 0. The van der Waals surface area contributed by atoms with Crippen LogP contribution in [-0.2, 0) is 27.6 Å². The van der Waals surface area contributed by atoms with Gasteiger partial charge in [-0.25, -0.2) is 9.98 Å². The van der Waals surface area contributed by atoms with Gasteiger partial charge in [-0.1, -0.05) is 255 Å². The van der Waals surface area contributed by atoms with Crippen LogP contribution in [0.4, 0.5) is 0 Å². The van der Waals surface area contributed by atoms with Crippen LogP contribution in [0.25, 0.3) is 11.5 Å². The molecule has 8 fully saturated rings. The molecule has 0 spiro atoms. The van der Waals surface area contributed by atoms with E-state index in [0.29, 0.717) is 47.3 Å². The van der Waals surface area contributed by atoms with Crippen molar-refractivity contribution in [2.45, 2.75) is 333 Å². The van der Waals surface area contributed by atoms with Crippen molar-refractivity contribution >= 4 is 22.9 Å². The third kappa shape index (κ3) is 16.7. The number of allylic oxidation sites excluding steroid dienone is 4. The predicted molar refractivity (Wildman–Crippen MR) is 386 cm³/mol. The zero-order valence-corrected chi connectivity index (χ0v) is 59.8. The van der Waals surface area contributed by atoms with Crippen LogP contribution in [-0.4, -0.2) is 11.4 Å². The molecule has 0 N–H and O–H groups in total. The van der Waals surface area contributed by atoms with Gasteiger partial charge in [-0.3, -0.25) is 0 Å². The van der Waals surface area contributed by atoms with Gasteiger partial charge < -0.3 is 19.4 Å². The topological polar surface area (TPSA) is 71.4 Å². The molecule has 0 amide bonds. The van der Waals surface area contributed by atoms with Gasteiger partial charge in [-0.15, -0.1) is 0 Å². The second kappa shape index (κ2) is 31.7. The van der Waals surface area contributed by atoms with Gasteiger partial charge in [-0.2, -0.15) is 11.4 Å². The summed E-state index contributed by atoms with van der Waals surface area (Å²) in [4.78, 5) is 22.6. The predicted octanol–water partition coefficient (Wildman–Crippen LogP) is 24.6. The monoisotopic (exact) mass is 1300 g/mol. The molecule has 4 aromatic rings. The molecule has 6 nitrogen and oxygen atoms in total. The van der Waals surface area contributed by atoms with E-state index in [1.54, 1.807) is 0 Å². The van der Waals surface area contributed by atoms with Crippen molar-refractivity contribution in [1.82, 2.24) is 9.97 Å². The second-order valence-corrected chi connectivity index (χ2v) is 33.0. The van der Waals surface area contributed by atoms with Gasteiger partial charge in [0.05, 0.1) is 0 Å². The second-order valence-electron chi connectivity index (χ2n) is 33.0. The number of nitrogens with zero attached hydrogens (tertiary/aromatic N) is 4. The van der Waals surface area contributed by atoms with Crippen LogP contribution in [0.3, 0.4) is 0 Å². The summed E-state index contributed by atoms with van der Waals surface area (Å²) in [6.45, 7) is 13.7. The molecular formula is C86H118CoN4O2. The van der Waals surface area contributed by atoms with E-state index < -0.39 is 0 Å². The molecule has 2 aliphatic heterocycles. The van der Waals surface area contributed by atoms with Crippen LogP contribution >= 0.6 is 0 Å². The number of aromatic nitrogens is 2. The first kappa shape index (κ1) is 68.4. The molecule has 7 heteroatoms. The zero-order valence-electron chi connectivity index (χ0n) is 58.8. The molecule has 503 valence electrons. The van der Waals surface area contributed by atoms with Crippen molar-refractivity contribution in [3.05, 3.63) is 140 Å². The number of hydrogen-bond acceptors (Lipinski definition) is 4. The number of benzene rings is 2. The average molecular weight is 1300 g/mol. The van der Waals surface area contributed by atoms with Crippen LogP contribution in [0.2, 0.25) is 0 Å². The van der Waals surface area contributed by atoms with E-state index in [9.17, 15) is 0 Å². The molecule has 0 atom stereocenters. The maximum atomic E-state index is 7.21. The maximum absolute atomic E-state index is 7.21. The normalized spacial score (nSPS) is 23.9. The first-order valence-electron chi connectivity index (χ1n) is 38.9. The van der Waals surface area contributed by atoms with Gasteiger partial charge in [0.1, 0.15) is 34.4 Å². The fraction of sp³-hybridized carbons (Fsp3) is 0.651. The molecule has 0 unspecified atom stereocenters. The Kier molecular flexibility index (Phi) is 23.3. The van der Waals surface area contributed by atoms with Crippen LogP contribution in [0.1, 0.15) is 367 Å². The summed E-state index contributed by atoms with van der Waals surface area (Å²) in [6, 6.07) is 22.9. The molecule has 1 radical (unpaired) electrons. The van der Waals surface area contributed by atoms with E-state index in [2.05, 4.69) is 114 Å². The van der Waals surface area contributed by atoms with Crippen molar-refractivity contribution < 1.29 is 26.3 Å². The summed E-state index contributed by atoms with van der Waals surface area (Å²) >= 11 is 0. The molecule has 0 saturated heterocycles. The van der Waals surface area contributed by atoms with Crippen molar-refractivity contribution in [2.24, 2.45) is 33.7 Å². The van der Waals surface area contributed by atoms with E-state index >= 15 is 0 Å². The zero-order chi connectivity index (χ0) is 63.0. The van der Waals surface area contributed by atoms with E-state index in [1.807, 2.05) is 0 Å². The molecule has 4 heterocycles. The third-order valence-electron chi connectivity index (χ3n) is 24.3. The minimum atomic E-state index is 0. The summed E-state index contributed by atoms with van der Waals surface area (Å²) < 4.78 is 14.4. The quantitative estimate of drug-likeness (QED) is 0.118. The smallest absolute Gasteiger partial charge is 0.658 e. The number of ether oxygens (including phenoxy) is 2. The summed E-state index contributed by atoms with van der Waals surface area (Å²) in [5.41, 5.74) is 18.5. The fourth-order valence-electron chi connectivity index (χ4n) is 18.6. The standard InChI is InChI=1S/2C43H59N2O.Co/c2*1-43(2,3)34-24-26-35(27-25-34)46-42(40-36(30-16-8-4-9-17-30)28-38(44-40)32-20-12-6-13-21-32)41-37(31-18-10-5-11-19-31)29-39(45-41)33-22-14-7-15-23-33;/h2*24-33H,4-23H2,1-3H3;/q2*-1;+2/b2*42-40+;. The Morgan fingerprint density at radius 1 is 0.333 bits per heavy atom. The van der Waals surface area contributed by atoms with Crippen LogP contribution < -0.4 is 19.4 Å². The molecule has 10 aliphatic rings. The molecule has 2 aromatic carbocycles. The largest absolute Gasteiger partial charge is 2.00 e. The number of rotatable bonds is 14. The summed E-state index contributed by atoms with van der Waals surface area (Å²) in [5.74, 6) is 8.35. The SMILES string of the molecule is CC(C)(C)c1ccc(O/C(=C2/N=C(C3CCCCC3)C=C2C2CCCCC2)c2[n-]c(C3CCCCC3)cc2C2CCCCC2)cc1.CC(C)(C)c1ccc(O/C(=C2/N=C(C3CCCCC3)C=C2C2CCCCC2)c2[n-]c(C3CCCCC3)cc2C2CCCCC2)cc1.[Co+2]. The molecule has 2 aromatic heterocycles. The van der Waals surface area contributed by atoms with Crippen LogP contribution in [0.15, 0.2) is 105 Å². The first-order valence-corrected chi connectivity index (χ1v) is 38.9. The Hall–Kier alpha value is -4.59. The van der Waals surface area contributed by atoms with Crippen LogP contribution in [0, 0.1) is 23.7 Å². The molecule has 8 aliphatic carbocycles. The van der Waals surface area contributed by atoms with E-state index in [-0.39, 0.29) is 27.6 Å². The minimum Gasteiger partial charge on any atom is -0.658 e. The average Bonchev–Trinajstić information content (AvgIpc) is 1.64. The van der Waals surface area contributed by atoms with E-state index in [4.69, 9.17) is 29.4 Å². The van der Waals surface area contributed by atoms with Gasteiger partial charge in [0.2, 0.25) is 0 Å². The number of hydrogen-bond donors (Lipinski definition) is 0. The molecular weight excluding hydrogens is 1180 g/mol. The Morgan fingerprint density at radius 2 is 0.591 bits per heavy atom. The summed E-state index contributed by atoms with van der Waals surface area (Å²) in [7, 11) is 0. The van der Waals surface area contributed by atoms with Crippen molar-refractivity contribution in [1.29, 1.82) is 0 Å². The van der Waals surface area contributed by atoms with Gasteiger partial charge in [0.25, 0.3) is 0 Å². The fourth-order valence-corrected chi connectivity index (χ4v) is 18.6. The number of aliphatic imine (C=N–C) groups is 2. The third-order valence-corrected chi connectivity index (χ3v) is 24.3. The Balaban J connectivity index is 0.000000177. The summed E-state index contributed by atoms with van der Waals surface area (Å²) in [6.07, 6.45) is 57.7. The molecule has 0 bridgehead atoms. The van der Waals surface area contributed by atoms with Gasteiger partial charge in [0, 0.05) is 23.3 Å².